The van der Waals surface area contributed by atoms with Crippen molar-refractivity contribution in [2.75, 3.05) is 7.11 Å². The molecule has 0 aliphatic heterocycles. The Balaban J connectivity index is 1.63. The number of carbonyl (C=O) groups is 1. The van der Waals surface area contributed by atoms with E-state index >= 15 is 0 Å². The molecule has 0 radical (unpaired) electrons. The fraction of sp³-hybridized carbons (Fsp3) is 0.179. The second-order valence-corrected chi connectivity index (χ2v) is 9.81. The molecular formula is C28H26FNO6S. The van der Waals surface area contributed by atoms with Gasteiger partial charge in [0.15, 0.2) is 11.5 Å². The predicted octanol–water partition coefficient (Wildman–Crippen LogP) is 5.60. The number of aryl methyl sites for hydroxylation is 1. The van der Waals surface area contributed by atoms with E-state index in [1.165, 1.54) is 19.4 Å². The summed E-state index contributed by atoms with van der Waals surface area (Å²) in [7, 11) is -2.87. The van der Waals surface area contributed by atoms with Crippen LogP contribution in [0.25, 0.3) is 0 Å². The molecule has 0 bridgehead atoms. The third kappa shape index (κ3) is 6.37. The van der Waals surface area contributed by atoms with Gasteiger partial charge in [-0.05, 0) is 78.2 Å². The summed E-state index contributed by atoms with van der Waals surface area (Å²) in [6, 6.07) is 20.0. The molecule has 1 amide bonds. The molecule has 192 valence electrons. The molecule has 0 spiro atoms. The molecule has 4 rings (SSSR count). The molecule has 0 aliphatic rings. The van der Waals surface area contributed by atoms with Gasteiger partial charge in [-0.1, -0.05) is 25.1 Å². The molecule has 0 aliphatic carbocycles. The summed E-state index contributed by atoms with van der Waals surface area (Å²) < 4.78 is 54.9. The van der Waals surface area contributed by atoms with Gasteiger partial charge in [-0.15, -0.1) is 0 Å². The molecule has 0 saturated heterocycles. The summed E-state index contributed by atoms with van der Waals surface area (Å²) in [6.07, 6.45) is 2.40. The van der Waals surface area contributed by atoms with Gasteiger partial charge in [0.2, 0.25) is 0 Å². The van der Waals surface area contributed by atoms with E-state index in [-0.39, 0.29) is 35.4 Å². The monoisotopic (exact) mass is 523 g/mol. The number of rotatable bonds is 10. The summed E-state index contributed by atoms with van der Waals surface area (Å²) >= 11 is 0. The summed E-state index contributed by atoms with van der Waals surface area (Å²) in [4.78, 5) is 14.8. The van der Waals surface area contributed by atoms with Gasteiger partial charge >= 0.3 is 10.1 Å². The van der Waals surface area contributed by atoms with Crippen molar-refractivity contribution >= 4 is 16.0 Å². The summed E-state index contributed by atoms with van der Waals surface area (Å²) in [5.41, 5.74) is 2.25. The van der Waals surface area contributed by atoms with Crippen molar-refractivity contribution in [2.24, 2.45) is 0 Å². The van der Waals surface area contributed by atoms with Gasteiger partial charge in [-0.2, -0.15) is 8.42 Å². The van der Waals surface area contributed by atoms with Gasteiger partial charge in [-0.3, -0.25) is 4.79 Å². The van der Waals surface area contributed by atoms with Crippen LogP contribution in [0.4, 0.5) is 4.39 Å². The highest BCUT2D eigenvalue weighted by Gasteiger charge is 2.22. The van der Waals surface area contributed by atoms with Crippen LogP contribution in [-0.2, 0) is 29.6 Å². The van der Waals surface area contributed by atoms with Crippen molar-refractivity contribution in [1.29, 1.82) is 0 Å². The van der Waals surface area contributed by atoms with Crippen LogP contribution >= 0.6 is 0 Å². The highest BCUT2D eigenvalue weighted by atomic mass is 32.2. The normalized spacial score (nSPS) is 11.2. The number of benzene rings is 3. The Bertz CT molecular complexity index is 1450. The smallest absolute Gasteiger partial charge is 0.339 e. The highest BCUT2D eigenvalue weighted by molar-refractivity contribution is 7.87. The minimum Gasteiger partial charge on any atom is -0.493 e. The van der Waals surface area contributed by atoms with Crippen molar-refractivity contribution in [3.8, 4) is 11.5 Å². The zero-order chi connectivity index (χ0) is 26.4. The lowest BCUT2D eigenvalue weighted by atomic mass is 10.1. The summed E-state index contributed by atoms with van der Waals surface area (Å²) in [6.45, 7) is 2.39. The van der Waals surface area contributed by atoms with E-state index in [0.717, 1.165) is 36.2 Å². The van der Waals surface area contributed by atoms with E-state index in [0.29, 0.717) is 16.9 Å². The van der Waals surface area contributed by atoms with E-state index in [9.17, 15) is 17.6 Å². The maximum absolute atomic E-state index is 13.4. The Hall–Kier alpha value is -4.11. The minimum atomic E-state index is -4.26. The largest absolute Gasteiger partial charge is 0.493 e. The van der Waals surface area contributed by atoms with E-state index in [1.807, 2.05) is 19.1 Å². The maximum Gasteiger partial charge on any atom is 0.339 e. The van der Waals surface area contributed by atoms with Crippen molar-refractivity contribution < 1.29 is 30.9 Å². The molecule has 3 aromatic carbocycles. The van der Waals surface area contributed by atoms with Crippen molar-refractivity contribution in [3.63, 3.8) is 0 Å². The van der Waals surface area contributed by atoms with E-state index in [2.05, 4.69) is 0 Å². The average molecular weight is 524 g/mol. The van der Waals surface area contributed by atoms with Crippen LogP contribution in [0.5, 0.6) is 11.5 Å². The first kappa shape index (κ1) is 26.0. The number of halogens is 1. The minimum absolute atomic E-state index is 0.0537. The van der Waals surface area contributed by atoms with Crippen LogP contribution in [0.15, 0.2) is 94.4 Å². The topological polar surface area (TPSA) is 86.0 Å². The Morgan fingerprint density at radius 1 is 0.919 bits per heavy atom. The molecular weight excluding hydrogens is 497 g/mol. The van der Waals surface area contributed by atoms with Crippen molar-refractivity contribution in [1.82, 2.24) is 4.90 Å². The quantitative estimate of drug-likeness (QED) is 0.252. The first-order valence-corrected chi connectivity index (χ1v) is 13.0. The predicted molar refractivity (Wildman–Crippen MR) is 135 cm³/mol. The lowest BCUT2D eigenvalue weighted by molar-refractivity contribution is 0.0717. The Kier molecular flexibility index (Phi) is 7.93. The number of carbonyl (C=O) groups excluding carboxylic acids is 1. The molecule has 0 atom stereocenters. The van der Waals surface area contributed by atoms with Gasteiger partial charge in [0, 0.05) is 12.1 Å². The lowest BCUT2D eigenvalue weighted by Gasteiger charge is -2.23. The number of hydrogen-bond donors (Lipinski definition) is 0. The first-order chi connectivity index (χ1) is 17.8. The number of hydrogen-bond acceptors (Lipinski definition) is 6. The third-order valence-corrected chi connectivity index (χ3v) is 6.97. The van der Waals surface area contributed by atoms with Crippen LogP contribution in [0.3, 0.4) is 0 Å². The molecule has 1 aromatic heterocycles. The van der Waals surface area contributed by atoms with Crippen LogP contribution < -0.4 is 8.92 Å². The maximum atomic E-state index is 13.4. The molecule has 0 N–H and O–H groups in total. The second kappa shape index (κ2) is 11.3. The van der Waals surface area contributed by atoms with Crippen molar-refractivity contribution in [2.45, 2.75) is 31.3 Å². The molecule has 37 heavy (non-hydrogen) atoms. The fourth-order valence-electron chi connectivity index (χ4n) is 3.73. The zero-order valence-electron chi connectivity index (χ0n) is 20.4. The van der Waals surface area contributed by atoms with Gasteiger partial charge in [0.05, 0.1) is 19.9 Å². The molecule has 1 heterocycles. The van der Waals surface area contributed by atoms with Crippen molar-refractivity contribution in [3.05, 3.63) is 113 Å². The molecule has 0 saturated carbocycles. The Morgan fingerprint density at radius 3 is 2.24 bits per heavy atom. The lowest BCUT2D eigenvalue weighted by Crippen LogP contribution is -2.30. The van der Waals surface area contributed by atoms with E-state index in [4.69, 9.17) is 13.3 Å². The number of methoxy groups -OCH3 is 1. The standard InChI is InChI=1S/C28H26FNO6S/c1-3-20-6-9-22(10-7-20)28(31)30(19-24-5-4-16-35-24)18-21-8-15-26(34-2)27(17-21)36-37(32,33)25-13-11-23(29)12-14-25/h4-17H,3,18-19H2,1-2H3. The summed E-state index contributed by atoms with van der Waals surface area (Å²) in [5, 5.41) is 0. The number of furan rings is 1. The van der Waals surface area contributed by atoms with Crippen LogP contribution in [0.1, 0.15) is 34.2 Å². The second-order valence-electron chi connectivity index (χ2n) is 8.27. The van der Waals surface area contributed by atoms with E-state index < -0.39 is 15.9 Å². The molecule has 0 fully saturated rings. The SMILES string of the molecule is CCc1ccc(C(=O)N(Cc2ccc(OC)c(OS(=O)(=O)c3ccc(F)cc3)c2)Cc2ccco2)cc1. The molecule has 4 aromatic rings. The van der Waals surface area contributed by atoms with Crippen LogP contribution in [0, 0.1) is 5.82 Å². The van der Waals surface area contributed by atoms with Crippen LogP contribution in [0.2, 0.25) is 0 Å². The Labute approximate surface area is 215 Å². The fourth-order valence-corrected chi connectivity index (χ4v) is 4.66. The van der Waals surface area contributed by atoms with Crippen LogP contribution in [-0.4, -0.2) is 26.3 Å². The third-order valence-electron chi connectivity index (χ3n) is 5.73. The van der Waals surface area contributed by atoms with Gasteiger partial charge in [0.1, 0.15) is 16.5 Å². The first-order valence-electron chi connectivity index (χ1n) is 11.6. The van der Waals surface area contributed by atoms with E-state index in [1.54, 1.807) is 41.3 Å². The Morgan fingerprint density at radius 2 is 1.62 bits per heavy atom. The molecule has 9 heteroatoms. The molecule has 0 unspecified atom stereocenters. The molecule has 7 nitrogen and oxygen atoms in total. The number of nitrogens with zero attached hydrogens (tertiary/aromatic N) is 1. The van der Waals surface area contributed by atoms with Gasteiger partial charge in [-0.25, -0.2) is 4.39 Å². The average Bonchev–Trinajstić information content (AvgIpc) is 3.41. The number of amides is 1. The van der Waals surface area contributed by atoms with Gasteiger partial charge < -0.3 is 18.2 Å². The van der Waals surface area contributed by atoms with Gasteiger partial charge in [0.25, 0.3) is 5.91 Å². The summed E-state index contributed by atoms with van der Waals surface area (Å²) in [5.74, 6) is -0.0432. The zero-order valence-corrected chi connectivity index (χ0v) is 21.2. The highest BCUT2D eigenvalue weighted by Crippen LogP contribution is 2.32. The number of ether oxygens (including phenoxy) is 1.